The second-order valence-corrected chi connectivity index (χ2v) is 1.34. The van der Waals surface area contributed by atoms with Gasteiger partial charge in [0, 0.05) is 9.99 Å². The van der Waals surface area contributed by atoms with Gasteiger partial charge in [0.2, 0.25) is 0 Å². The summed E-state index contributed by atoms with van der Waals surface area (Å²) >= 11 is 0. The summed E-state index contributed by atoms with van der Waals surface area (Å²) in [5.74, 6) is 0. The Morgan fingerprint density at radius 1 is 1.40 bits per heavy atom. The molecule has 46 valence electrons. The van der Waals surface area contributed by atoms with Gasteiger partial charge >= 0.3 is 10.4 Å². The molecule has 5 heteroatoms. The van der Waals surface area contributed by atoms with Crippen molar-refractivity contribution >= 4 is 10.4 Å². The number of hydrogen-bond donors (Lipinski definition) is 2. The van der Waals surface area contributed by atoms with Crippen molar-refractivity contribution in [2.24, 2.45) is 0 Å². The van der Waals surface area contributed by atoms with Crippen molar-refractivity contribution in [3.63, 3.8) is 0 Å². The van der Waals surface area contributed by atoms with Crippen LogP contribution in [0.3, 0.4) is 0 Å². The van der Waals surface area contributed by atoms with E-state index in [-0.39, 0.29) is 9.99 Å². The molecule has 0 aromatic rings. The molecule has 0 radical (unpaired) electrons. The molecule has 0 saturated heterocycles. The van der Waals surface area contributed by atoms with Crippen LogP contribution in [0.15, 0.2) is 0 Å². The van der Waals surface area contributed by atoms with E-state index in [0.29, 0.717) is 0 Å². The van der Waals surface area contributed by atoms with Gasteiger partial charge in [0.1, 0.15) is 0 Å². The van der Waals surface area contributed by atoms with Crippen molar-refractivity contribution in [2.75, 3.05) is 0 Å². The highest BCUT2D eigenvalue weighted by atomic mass is 32.3. The maximum Gasteiger partial charge on any atom is 0.394 e. The fourth-order valence-electron chi connectivity index (χ4n) is 0. The molecule has 5 heavy (non-hydrogen) atoms. The van der Waals surface area contributed by atoms with Crippen LogP contribution in [0.2, 0.25) is 0 Å². The average molecular weight is 112 g/mol. The fraction of sp³-hybridized carbons (Fsp3) is 0. The van der Waals surface area contributed by atoms with Crippen molar-refractivity contribution in [3.8, 4) is 0 Å². The largest absolute Gasteiger partial charge is 0.394 e. The van der Waals surface area contributed by atoms with Gasteiger partial charge in [0.15, 0.2) is 0 Å². The summed E-state index contributed by atoms with van der Waals surface area (Å²) < 4.78 is 31.6. The summed E-state index contributed by atoms with van der Waals surface area (Å²) in [6.45, 7) is 0. The van der Waals surface area contributed by atoms with E-state index in [0.717, 1.165) is 0 Å². The number of hydrogen-bond acceptors (Lipinski definition) is 2. The van der Waals surface area contributed by atoms with Gasteiger partial charge in [-0.25, -0.2) is 0 Å². The molecule has 0 amide bonds. The van der Waals surface area contributed by atoms with Crippen LogP contribution < -0.4 is 0 Å². The summed E-state index contributed by atoms with van der Waals surface area (Å²) in [5.41, 5.74) is 0. The van der Waals surface area contributed by atoms with Gasteiger partial charge in [-0.15, -0.1) is 0 Å². The highest BCUT2D eigenvalue weighted by molar-refractivity contribution is 7.79. The van der Waals surface area contributed by atoms with Gasteiger partial charge in [-0.3, -0.25) is 9.11 Å². The first-order chi connectivity index (χ1) is 2.00. The van der Waals surface area contributed by atoms with Gasteiger partial charge < -0.3 is 0 Å². The lowest BCUT2D eigenvalue weighted by Crippen LogP contribution is -1.89. The molecular weight excluding hydrogens is 96.1 g/mol. The molecule has 0 aromatic carbocycles. The molecule has 0 saturated carbocycles. The highest BCUT2D eigenvalue weighted by Gasteiger charge is 1.84. The van der Waals surface area contributed by atoms with E-state index in [1.807, 2.05) is 0 Å². The molecule has 0 aliphatic heterocycles. The van der Waals surface area contributed by atoms with Crippen molar-refractivity contribution in [3.05, 3.63) is 0 Å². The third-order valence-electron chi connectivity index (χ3n) is 0. The first-order valence-corrected chi connectivity index (χ1v) is 2.10. The zero-order chi connectivity index (χ0) is 4.50. The molecule has 0 rings (SSSR count). The molecule has 0 atom stereocenters. The number of rotatable bonds is 0. The lowest BCUT2D eigenvalue weighted by Gasteiger charge is -1.68. The first kappa shape index (κ1) is 4.87. The van der Waals surface area contributed by atoms with Crippen LogP contribution >= 0.6 is 0 Å². The summed E-state index contributed by atoms with van der Waals surface area (Å²) in [5, 5.41) is 0. The van der Waals surface area contributed by atoms with Crippen LogP contribution in [0, 0.1) is 0 Å². The van der Waals surface area contributed by atoms with Crippen molar-refractivity contribution in [1.82, 2.24) is 0 Å². The van der Waals surface area contributed by atoms with Gasteiger partial charge in [-0.2, -0.15) is 8.42 Å². The standard InChI is InChI=1S/H2O4S.7H2/c1-5(2,3)4;;;;;;;/h(H2,1,2,3,4);7*1H. The maximum absolute atomic E-state index is 8.74. The lowest BCUT2D eigenvalue weighted by atomic mass is 15.8. The topological polar surface area (TPSA) is 74.6 Å². The highest BCUT2D eigenvalue weighted by Crippen LogP contribution is 1.59. The zero-order valence-corrected chi connectivity index (χ0v) is 2.94. The average Bonchev–Trinajstić information content (AvgIpc) is 0.722. The molecule has 0 heterocycles. The van der Waals surface area contributed by atoms with Crippen LogP contribution in [0.4, 0.5) is 0 Å². The second-order valence-electron chi connectivity index (χ2n) is 0.448. The van der Waals surface area contributed by atoms with Gasteiger partial charge in [-0.05, 0) is 0 Å². The SMILES string of the molecule is O=S(=O)(O)O.[HH].[HH].[HH].[HH].[HH].[HH].[HH]. The third kappa shape index (κ3) is 801. The Bertz CT molecular complexity index is 98.6. The minimum absolute atomic E-state index is 0. The van der Waals surface area contributed by atoms with E-state index in [1.165, 1.54) is 0 Å². The molecule has 4 nitrogen and oxygen atoms in total. The fourth-order valence-corrected chi connectivity index (χ4v) is 0. The summed E-state index contributed by atoms with van der Waals surface area (Å²) in [6, 6.07) is 0. The smallest absolute Gasteiger partial charge is 0.264 e. The van der Waals surface area contributed by atoms with E-state index in [4.69, 9.17) is 17.5 Å². The van der Waals surface area contributed by atoms with Gasteiger partial charge in [0.05, 0.1) is 0 Å². The van der Waals surface area contributed by atoms with E-state index >= 15 is 0 Å². The molecule has 2 N–H and O–H groups in total. The minimum atomic E-state index is -4.67. The van der Waals surface area contributed by atoms with Crippen LogP contribution in [-0.2, 0) is 10.4 Å². The summed E-state index contributed by atoms with van der Waals surface area (Å²) in [6.07, 6.45) is 0. The Kier molecular flexibility index (Phi) is 0.901. The van der Waals surface area contributed by atoms with Gasteiger partial charge in [0.25, 0.3) is 0 Å². The Balaban J connectivity index is -0.00000000381. The Labute approximate surface area is 39.4 Å². The quantitative estimate of drug-likeness (QED) is 0.459. The predicted molar refractivity (Wildman–Crippen MR) is 29.0 cm³/mol. The van der Waals surface area contributed by atoms with E-state index in [2.05, 4.69) is 0 Å². The van der Waals surface area contributed by atoms with Crippen molar-refractivity contribution in [1.29, 1.82) is 0 Å². The predicted octanol–water partition coefficient (Wildman–Crippen LogP) is 1.07. The summed E-state index contributed by atoms with van der Waals surface area (Å²) in [7, 11) is -4.67. The van der Waals surface area contributed by atoms with Gasteiger partial charge in [-0.1, -0.05) is 0 Å². The van der Waals surface area contributed by atoms with Crippen LogP contribution in [-0.4, -0.2) is 17.5 Å². The summed E-state index contributed by atoms with van der Waals surface area (Å²) in [4.78, 5) is 0. The zero-order valence-electron chi connectivity index (χ0n) is 2.12. The van der Waals surface area contributed by atoms with Crippen LogP contribution in [0.25, 0.3) is 0 Å². The third-order valence-corrected chi connectivity index (χ3v) is 0. The normalized spacial score (nSPS) is 11.6. The van der Waals surface area contributed by atoms with Crippen LogP contribution in [0.1, 0.15) is 9.99 Å². The van der Waals surface area contributed by atoms with Crippen molar-refractivity contribution in [2.45, 2.75) is 0 Å². The molecule has 0 aliphatic rings. The van der Waals surface area contributed by atoms with E-state index in [9.17, 15) is 0 Å². The molecule has 0 bridgehead atoms. The van der Waals surface area contributed by atoms with E-state index < -0.39 is 10.4 Å². The molecule has 0 aliphatic carbocycles. The molecule has 0 fully saturated rings. The lowest BCUT2D eigenvalue weighted by molar-refractivity contribution is 0.381. The molecular formula is H16O4S. The first-order valence-electron chi connectivity index (χ1n) is 0.698. The van der Waals surface area contributed by atoms with Crippen molar-refractivity contribution < 1.29 is 27.5 Å². The minimum Gasteiger partial charge on any atom is -0.264 e. The Hall–Kier alpha value is -0.130. The monoisotopic (exact) mass is 112 g/mol. The second kappa shape index (κ2) is 0.925. The Morgan fingerprint density at radius 3 is 1.40 bits per heavy atom. The molecule has 0 aromatic heterocycles. The van der Waals surface area contributed by atoms with Crippen LogP contribution in [0.5, 0.6) is 0 Å². The Morgan fingerprint density at radius 2 is 1.40 bits per heavy atom. The maximum atomic E-state index is 8.74. The molecule has 0 unspecified atom stereocenters. The van der Waals surface area contributed by atoms with E-state index in [1.54, 1.807) is 0 Å². The molecule has 0 spiro atoms.